The van der Waals surface area contributed by atoms with Crippen molar-refractivity contribution >= 4 is 33.8 Å². The zero-order valence-corrected chi connectivity index (χ0v) is 16.4. The minimum Gasteiger partial charge on any atom is -0.467 e. The van der Waals surface area contributed by atoms with Crippen molar-refractivity contribution < 1.29 is 23.9 Å². The van der Waals surface area contributed by atoms with Crippen LogP contribution in [-0.4, -0.2) is 31.0 Å². The molecular formula is C20H20BrNO5. The molecule has 0 fully saturated rings. The van der Waals surface area contributed by atoms with Gasteiger partial charge in [-0.15, -0.1) is 0 Å². The van der Waals surface area contributed by atoms with E-state index in [2.05, 4.69) is 21.2 Å². The first-order chi connectivity index (χ1) is 13.0. The fraction of sp³-hybridized carbons (Fsp3) is 0.250. The Bertz CT molecular complexity index is 794. The summed E-state index contributed by atoms with van der Waals surface area (Å²) >= 11 is 3.34. The van der Waals surface area contributed by atoms with E-state index in [9.17, 15) is 14.4 Å². The van der Waals surface area contributed by atoms with Crippen LogP contribution in [0.4, 0.5) is 4.79 Å². The number of esters is 1. The van der Waals surface area contributed by atoms with Crippen LogP contribution < -0.4 is 5.32 Å². The van der Waals surface area contributed by atoms with Crippen molar-refractivity contribution in [3.05, 3.63) is 70.2 Å². The van der Waals surface area contributed by atoms with Crippen molar-refractivity contribution in [2.24, 2.45) is 0 Å². The number of hydrogen-bond acceptors (Lipinski definition) is 5. The lowest BCUT2D eigenvalue weighted by Gasteiger charge is -2.16. The number of carbonyl (C=O) groups excluding carboxylic acids is 3. The molecule has 2 rings (SSSR count). The van der Waals surface area contributed by atoms with E-state index in [4.69, 9.17) is 9.47 Å². The summed E-state index contributed by atoms with van der Waals surface area (Å²) in [5.41, 5.74) is 1.35. The van der Waals surface area contributed by atoms with Crippen LogP contribution in [0.1, 0.15) is 28.8 Å². The highest BCUT2D eigenvalue weighted by Gasteiger charge is 2.23. The number of ether oxygens (including phenoxy) is 2. The summed E-state index contributed by atoms with van der Waals surface area (Å²) in [5, 5.41) is 2.46. The van der Waals surface area contributed by atoms with Crippen LogP contribution in [0.15, 0.2) is 59.1 Å². The molecule has 0 aromatic heterocycles. The molecule has 0 spiro atoms. The lowest BCUT2D eigenvalue weighted by Crippen LogP contribution is -2.42. The van der Waals surface area contributed by atoms with Crippen molar-refractivity contribution in [3.8, 4) is 0 Å². The molecule has 7 heteroatoms. The third-order valence-corrected chi connectivity index (χ3v) is 4.29. The maximum atomic E-state index is 12.2. The summed E-state index contributed by atoms with van der Waals surface area (Å²) in [7, 11) is 1.23. The monoisotopic (exact) mass is 433 g/mol. The highest BCUT2D eigenvalue weighted by atomic mass is 79.9. The van der Waals surface area contributed by atoms with Gasteiger partial charge >= 0.3 is 12.1 Å². The van der Waals surface area contributed by atoms with Crippen molar-refractivity contribution in [2.75, 3.05) is 7.11 Å². The van der Waals surface area contributed by atoms with Crippen LogP contribution in [0.3, 0.4) is 0 Å². The molecule has 0 aliphatic rings. The lowest BCUT2D eigenvalue weighted by molar-refractivity contribution is -0.143. The highest BCUT2D eigenvalue weighted by molar-refractivity contribution is 9.10. The smallest absolute Gasteiger partial charge is 0.408 e. The second-order valence-electron chi connectivity index (χ2n) is 5.75. The van der Waals surface area contributed by atoms with E-state index in [0.29, 0.717) is 5.56 Å². The molecule has 0 heterocycles. The van der Waals surface area contributed by atoms with E-state index in [1.54, 1.807) is 24.3 Å². The van der Waals surface area contributed by atoms with E-state index in [1.807, 2.05) is 30.3 Å². The second-order valence-corrected chi connectivity index (χ2v) is 6.67. The third kappa shape index (κ3) is 6.86. The summed E-state index contributed by atoms with van der Waals surface area (Å²) in [6, 6.07) is 15.1. The van der Waals surface area contributed by atoms with Gasteiger partial charge in [-0.25, -0.2) is 9.59 Å². The van der Waals surface area contributed by atoms with Gasteiger partial charge in [-0.1, -0.05) is 58.4 Å². The molecular weight excluding hydrogens is 414 g/mol. The molecule has 0 aliphatic heterocycles. The molecule has 6 nitrogen and oxygen atoms in total. The molecule has 142 valence electrons. The van der Waals surface area contributed by atoms with Crippen LogP contribution in [0.5, 0.6) is 0 Å². The van der Waals surface area contributed by atoms with Crippen LogP contribution in [-0.2, 0) is 20.9 Å². The Kier molecular flexibility index (Phi) is 8.00. The molecule has 0 radical (unpaired) electrons. The summed E-state index contributed by atoms with van der Waals surface area (Å²) in [5.74, 6) is -0.746. The number of amides is 1. The molecule has 2 aromatic rings. The van der Waals surface area contributed by atoms with Gasteiger partial charge in [-0.2, -0.15) is 0 Å². The standard InChI is InChI=1S/C20H20BrNO5/c1-26-19(24)17(10-11-18(23)15-7-3-2-4-8-15)22-20(25)27-13-14-6-5-9-16(21)12-14/h2-9,12,17H,10-11,13H2,1H3,(H,22,25). The summed E-state index contributed by atoms with van der Waals surface area (Å²) in [6.07, 6.45) is -0.542. The Morgan fingerprint density at radius 2 is 1.81 bits per heavy atom. The van der Waals surface area contributed by atoms with Crippen molar-refractivity contribution in [1.29, 1.82) is 0 Å². The van der Waals surface area contributed by atoms with Crippen molar-refractivity contribution in [3.63, 3.8) is 0 Å². The van der Waals surface area contributed by atoms with E-state index in [-0.39, 0.29) is 25.2 Å². The average Bonchev–Trinajstić information content (AvgIpc) is 2.69. The topological polar surface area (TPSA) is 81.7 Å². The number of nitrogens with one attached hydrogen (secondary N) is 1. The van der Waals surface area contributed by atoms with Crippen LogP contribution in [0, 0.1) is 0 Å². The third-order valence-electron chi connectivity index (χ3n) is 3.79. The first kappa shape index (κ1) is 20.6. The van der Waals surface area contributed by atoms with E-state index in [0.717, 1.165) is 10.0 Å². The Morgan fingerprint density at radius 1 is 1.07 bits per heavy atom. The molecule has 1 atom stereocenters. The predicted molar refractivity (Wildman–Crippen MR) is 103 cm³/mol. The first-order valence-corrected chi connectivity index (χ1v) is 9.12. The van der Waals surface area contributed by atoms with Gasteiger partial charge in [-0.05, 0) is 24.1 Å². The lowest BCUT2D eigenvalue weighted by atomic mass is 10.0. The molecule has 0 saturated heterocycles. The van der Waals surface area contributed by atoms with Gasteiger partial charge in [0, 0.05) is 16.5 Å². The zero-order valence-electron chi connectivity index (χ0n) is 14.8. The molecule has 0 saturated carbocycles. The maximum absolute atomic E-state index is 12.2. The van der Waals surface area contributed by atoms with Gasteiger partial charge in [0.2, 0.25) is 0 Å². The Balaban J connectivity index is 1.88. The molecule has 1 unspecified atom stereocenters. The molecule has 2 aromatic carbocycles. The predicted octanol–water partition coefficient (Wildman–Crippen LogP) is 3.88. The van der Waals surface area contributed by atoms with Gasteiger partial charge in [0.25, 0.3) is 0 Å². The number of methoxy groups -OCH3 is 1. The Hall–Kier alpha value is -2.67. The summed E-state index contributed by atoms with van der Waals surface area (Å²) in [4.78, 5) is 36.1. The number of carbonyl (C=O) groups is 3. The summed E-state index contributed by atoms with van der Waals surface area (Å²) in [6.45, 7) is 0.0577. The van der Waals surface area contributed by atoms with Crippen LogP contribution in [0.2, 0.25) is 0 Å². The zero-order chi connectivity index (χ0) is 19.6. The van der Waals surface area contributed by atoms with E-state index in [1.165, 1.54) is 7.11 Å². The summed E-state index contributed by atoms with van der Waals surface area (Å²) < 4.78 is 10.7. The van der Waals surface area contributed by atoms with Crippen molar-refractivity contribution in [1.82, 2.24) is 5.32 Å². The quantitative estimate of drug-likeness (QED) is 0.504. The van der Waals surface area contributed by atoms with Gasteiger partial charge < -0.3 is 14.8 Å². The maximum Gasteiger partial charge on any atom is 0.408 e. The van der Waals surface area contributed by atoms with Gasteiger partial charge in [0.1, 0.15) is 12.6 Å². The van der Waals surface area contributed by atoms with Crippen molar-refractivity contribution in [2.45, 2.75) is 25.5 Å². The normalized spacial score (nSPS) is 11.3. The Labute approximate surface area is 166 Å². The molecule has 27 heavy (non-hydrogen) atoms. The average molecular weight is 434 g/mol. The fourth-order valence-corrected chi connectivity index (χ4v) is 2.84. The minimum absolute atomic E-state index is 0.0577. The molecule has 0 bridgehead atoms. The number of rotatable bonds is 8. The Morgan fingerprint density at radius 3 is 2.48 bits per heavy atom. The van der Waals surface area contributed by atoms with E-state index < -0.39 is 18.1 Å². The molecule has 0 aliphatic carbocycles. The second kappa shape index (κ2) is 10.5. The number of halogens is 1. The first-order valence-electron chi connectivity index (χ1n) is 8.33. The fourth-order valence-electron chi connectivity index (χ4n) is 2.39. The highest BCUT2D eigenvalue weighted by Crippen LogP contribution is 2.13. The number of Topliss-reactive ketones (excluding diaryl/α,β-unsaturated/α-hetero) is 1. The number of alkyl carbamates (subject to hydrolysis) is 1. The molecule has 1 amide bonds. The van der Waals surface area contributed by atoms with Gasteiger partial charge in [0.05, 0.1) is 7.11 Å². The number of benzene rings is 2. The molecule has 1 N–H and O–H groups in total. The van der Waals surface area contributed by atoms with Gasteiger partial charge in [-0.3, -0.25) is 4.79 Å². The SMILES string of the molecule is COC(=O)C(CCC(=O)c1ccccc1)NC(=O)OCc1cccc(Br)c1. The van der Waals surface area contributed by atoms with Crippen LogP contribution in [0.25, 0.3) is 0 Å². The number of hydrogen-bond donors (Lipinski definition) is 1. The largest absolute Gasteiger partial charge is 0.467 e. The van der Waals surface area contributed by atoms with E-state index >= 15 is 0 Å². The van der Waals surface area contributed by atoms with Gasteiger partial charge in [0.15, 0.2) is 5.78 Å². The number of ketones is 1. The minimum atomic E-state index is -0.960. The van der Waals surface area contributed by atoms with Crippen LogP contribution >= 0.6 is 15.9 Å².